The average Bonchev–Trinajstić information content (AvgIpc) is 2.78. The van der Waals surface area contributed by atoms with E-state index in [0.29, 0.717) is 0 Å². The molecule has 0 aromatic carbocycles. The van der Waals surface area contributed by atoms with Crippen LogP contribution < -0.4 is 0 Å². The van der Waals surface area contributed by atoms with Gasteiger partial charge in [-0.15, -0.1) is 0 Å². The molecule has 0 aliphatic carbocycles. The van der Waals surface area contributed by atoms with Gasteiger partial charge in [0.05, 0.1) is 0 Å². The molecule has 61 heavy (non-hydrogen) atoms. The molecule has 0 aliphatic heterocycles. The van der Waals surface area contributed by atoms with Crippen molar-refractivity contribution in [3.05, 3.63) is 0 Å². The van der Waals surface area contributed by atoms with Gasteiger partial charge in [0, 0.05) is 0 Å². The van der Waals surface area contributed by atoms with Crippen LogP contribution >= 0.6 is 0 Å². The molecular formula is C15H31NaO45. The molecule has 0 heterocycles. The van der Waals surface area contributed by atoms with E-state index in [0.717, 1.165) is 0 Å². The third-order valence-electron chi connectivity index (χ3n) is 0. The topological polar surface area (TPSA) is 863 Å². The van der Waals surface area contributed by atoms with E-state index < -0.39 is 92.3 Å². The Balaban J connectivity index is -0.0000000254. The Kier molecular flexibility index (Phi) is 167. The number of rotatable bonds is 0. The number of hydrogen-bond donors (Lipinski definition) is 30. The minimum atomic E-state index is -1.83. The Morgan fingerprint density at radius 1 is 0.115 bits per heavy atom. The summed E-state index contributed by atoms with van der Waals surface area (Å²) in [6.45, 7) is 0. The fourth-order valence-electron chi connectivity index (χ4n) is 0. The third kappa shape index (κ3) is 1170. The fraction of sp³-hybridized carbons (Fsp3) is 0. The first-order valence-electron chi connectivity index (χ1n) is 9.77. The summed E-state index contributed by atoms with van der Waals surface area (Å²) in [7, 11) is 0. The summed E-state index contributed by atoms with van der Waals surface area (Å²) in [6, 6.07) is 0. The molecule has 0 rings (SSSR count). The van der Waals surface area contributed by atoms with Crippen molar-refractivity contribution in [2.75, 3.05) is 0 Å². The molecule has 46 heteroatoms. The van der Waals surface area contributed by atoms with E-state index in [4.69, 9.17) is 225 Å². The predicted octanol–water partition coefficient (Wildman–Crippen LogP) is 2.69. The van der Waals surface area contributed by atoms with Gasteiger partial charge in [0.2, 0.25) is 0 Å². The van der Waals surface area contributed by atoms with Crippen molar-refractivity contribution in [3.8, 4) is 0 Å². The summed E-state index contributed by atoms with van der Waals surface area (Å²) in [6.07, 6.45) is -27.5. The summed E-state index contributed by atoms with van der Waals surface area (Å²) >= 11 is 0. The van der Waals surface area contributed by atoms with Gasteiger partial charge in [-0.25, -0.2) is 71.9 Å². The maximum atomic E-state index is 8.56. The first kappa shape index (κ1) is 104. The zero-order chi connectivity index (χ0) is 53.7. The molecular weight excluding hydrogens is 923 g/mol. The summed E-state index contributed by atoms with van der Waals surface area (Å²) in [5.74, 6) is 0. The molecule has 0 radical (unpaired) electrons. The first-order chi connectivity index (χ1) is 26.0. The van der Waals surface area contributed by atoms with E-state index in [1.807, 2.05) is 0 Å². The molecule has 0 fully saturated rings. The van der Waals surface area contributed by atoms with E-state index in [9.17, 15) is 0 Å². The Morgan fingerprint density at radius 2 is 0.115 bits per heavy atom. The van der Waals surface area contributed by atoms with E-state index in [1.165, 1.54) is 0 Å². The summed E-state index contributed by atoms with van der Waals surface area (Å²) in [5.41, 5.74) is 0. The van der Waals surface area contributed by atoms with Gasteiger partial charge < -0.3 is 153 Å². The van der Waals surface area contributed by atoms with Crippen molar-refractivity contribution in [2.45, 2.75) is 0 Å². The van der Waals surface area contributed by atoms with Crippen LogP contribution in [0.1, 0.15) is 0 Å². The zero-order valence-electron chi connectivity index (χ0n) is 27.0. The zero-order valence-corrected chi connectivity index (χ0v) is 27.0. The molecule has 45 nitrogen and oxygen atoms in total. The number of carbonyl (C=O) groups is 15. The van der Waals surface area contributed by atoms with Gasteiger partial charge in [0.1, 0.15) is 0 Å². The monoisotopic (exact) mass is 954 g/mol. The molecule has 30 N–H and O–H groups in total. The first-order valence-corrected chi connectivity index (χ1v) is 9.77. The molecule has 0 unspecified atom stereocenters. The van der Waals surface area contributed by atoms with Crippen LogP contribution in [0.25, 0.3) is 0 Å². The van der Waals surface area contributed by atoms with Crippen molar-refractivity contribution in [1.29, 1.82) is 0 Å². The Labute approximate surface area is 347 Å². The van der Waals surface area contributed by atoms with E-state index >= 15 is 0 Å². The SMILES string of the molecule is O=C(O)O.O=C(O)O.O=C(O)O.O=C(O)O.O=C(O)O.O=C(O)O.O=C(O)O.O=C(O)O.O=C(O)O.O=C(O)O.O=C(O)O.O=C(O)O.O=C(O)O.O=C(O)O.O=C(O)O.[NaH]. The van der Waals surface area contributed by atoms with Crippen LogP contribution in [0.5, 0.6) is 0 Å². The molecule has 0 bridgehead atoms. The molecule has 0 atom stereocenters. The molecule has 0 saturated carbocycles. The number of carboxylic acid groups (broad SMARTS) is 30. The van der Waals surface area contributed by atoms with Crippen molar-refractivity contribution in [1.82, 2.24) is 0 Å². The van der Waals surface area contributed by atoms with Crippen LogP contribution in [0.4, 0.5) is 71.9 Å². The van der Waals surface area contributed by atoms with E-state index in [2.05, 4.69) is 0 Å². The fourth-order valence-corrected chi connectivity index (χ4v) is 0. The Hall–Kier alpha value is -9.95. The van der Waals surface area contributed by atoms with E-state index in [-0.39, 0.29) is 29.6 Å². The van der Waals surface area contributed by atoms with Gasteiger partial charge >= 0.3 is 122 Å². The molecule has 0 aromatic rings. The summed E-state index contributed by atoms with van der Waals surface area (Å²) in [5, 5.41) is 209. The van der Waals surface area contributed by atoms with Crippen molar-refractivity contribution < 1.29 is 225 Å². The van der Waals surface area contributed by atoms with Gasteiger partial charge in [-0.3, -0.25) is 0 Å². The van der Waals surface area contributed by atoms with Gasteiger partial charge in [0.25, 0.3) is 0 Å². The van der Waals surface area contributed by atoms with Gasteiger partial charge in [0.15, 0.2) is 0 Å². The minimum absolute atomic E-state index is 0. The summed E-state index contributed by atoms with van der Waals surface area (Å²) in [4.78, 5) is 128. The standard InChI is InChI=1S/15CH2O3.Na.H/c15*2-1(3)4;;/h15*(H2,2,3,4);;. The van der Waals surface area contributed by atoms with Gasteiger partial charge in [-0.05, 0) is 0 Å². The molecule has 0 amide bonds. The van der Waals surface area contributed by atoms with Crippen LogP contribution in [-0.2, 0) is 0 Å². The van der Waals surface area contributed by atoms with Crippen molar-refractivity contribution in [3.63, 3.8) is 0 Å². The van der Waals surface area contributed by atoms with Gasteiger partial charge in [-0.1, -0.05) is 0 Å². The average molecular weight is 954 g/mol. The molecule has 362 valence electrons. The van der Waals surface area contributed by atoms with Gasteiger partial charge in [-0.2, -0.15) is 0 Å². The van der Waals surface area contributed by atoms with Crippen LogP contribution in [0.2, 0.25) is 0 Å². The Bertz CT molecular complexity index is 753. The Morgan fingerprint density at radius 3 is 0.115 bits per heavy atom. The van der Waals surface area contributed by atoms with Crippen LogP contribution in [0.15, 0.2) is 0 Å². The van der Waals surface area contributed by atoms with Crippen LogP contribution in [0.3, 0.4) is 0 Å². The normalized spacial score (nSPS) is 5.90. The molecule has 0 aromatic heterocycles. The van der Waals surface area contributed by atoms with E-state index in [1.54, 1.807) is 0 Å². The van der Waals surface area contributed by atoms with Crippen molar-refractivity contribution in [2.24, 2.45) is 0 Å². The molecule has 0 saturated heterocycles. The van der Waals surface area contributed by atoms with Crippen LogP contribution in [-0.4, -0.2) is 275 Å². The molecule has 0 spiro atoms. The van der Waals surface area contributed by atoms with Crippen molar-refractivity contribution >= 4 is 122 Å². The van der Waals surface area contributed by atoms with Crippen LogP contribution in [0, 0.1) is 0 Å². The second-order valence-electron chi connectivity index (χ2n) is 4.24. The number of hydrogen-bond acceptors (Lipinski definition) is 15. The maximum absolute atomic E-state index is 8.56. The predicted molar refractivity (Wildman–Crippen MR) is 167 cm³/mol. The quantitative estimate of drug-likeness (QED) is 0.155. The summed E-state index contributed by atoms with van der Waals surface area (Å²) < 4.78 is 0. The second-order valence-corrected chi connectivity index (χ2v) is 4.24. The second kappa shape index (κ2) is 98.0. The third-order valence-corrected chi connectivity index (χ3v) is 0. The molecule has 0 aliphatic rings.